The van der Waals surface area contributed by atoms with Crippen LogP contribution in [0.5, 0.6) is 0 Å². The number of nitrogens with one attached hydrogen (secondary N) is 1. The minimum absolute atomic E-state index is 0.0188. The molecule has 162 valence electrons. The van der Waals surface area contributed by atoms with Crippen molar-refractivity contribution in [2.24, 2.45) is 7.05 Å². The predicted molar refractivity (Wildman–Crippen MR) is 120 cm³/mol. The normalized spacial score (nSPS) is 16.8. The summed E-state index contributed by atoms with van der Waals surface area (Å²) in [6.45, 7) is 7.24. The summed E-state index contributed by atoms with van der Waals surface area (Å²) in [7, 11) is 1.91. The van der Waals surface area contributed by atoms with Gasteiger partial charge in [-0.3, -0.25) is 9.48 Å². The molecule has 1 amide bonds. The fourth-order valence-corrected chi connectivity index (χ4v) is 4.36. The molecule has 4 rings (SSSR count). The Hall–Kier alpha value is -3.14. The van der Waals surface area contributed by atoms with E-state index in [9.17, 15) is 4.79 Å². The van der Waals surface area contributed by atoms with Crippen LogP contribution in [0.3, 0.4) is 0 Å². The Morgan fingerprint density at radius 1 is 1.29 bits per heavy atom. The Morgan fingerprint density at radius 3 is 2.84 bits per heavy atom. The number of likely N-dealkylation sites (tertiary alicyclic amines) is 1. The SMILES string of the molecule is Cc1nc(Nc2nncs2)cc(C2CCCN(C(=O)/C=C/c3c(C)nn(C)c3C)C2)n1. The minimum atomic E-state index is 0.0188. The average Bonchev–Trinajstić information content (AvgIpc) is 3.34. The minimum Gasteiger partial charge on any atom is -0.338 e. The molecule has 1 saturated heterocycles. The van der Waals surface area contributed by atoms with Gasteiger partial charge in [-0.15, -0.1) is 10.2 Å². The van der Waals surface area contributed by atoms with Gasteiger partial charge in [0.1, 0.15) is 17.2 Å². The third kappa shape index (κ3) is 4.79. The summed E-state index contributed by atoms with van der Waals surface area (Å²) in [5.74, 6) is 1.58. The number of piperidine rings is 1. The first-order valence-electron chi connectivity index (χ1n) is 10.3. The highest BCUT2D eigenvalue weighted by atomic mass is 32.1. The Bertz CT molecular complexity index is 1110. The maximum Gasteiger partial charge on any atom is 0.246 e. The molecule has 0 aromatic carbocycles. The molecular formula is C21H26N8OS. The maximum atomic E-state index is 12.9. The highest BCUT2D eigenvalue weighted by Crippen LogP contribution is 2.28. The maximum absolute atomic E-state index is 12.9. The van der Waals surface area contributed by atoms with E-state index in [-0.39, 0.29) is 11.8 Å². The molecule has 31 heavy (non-hydrogen) atoms. The number of nitrogens with zero attached hydrogens (tertiary/aromatic N) is 7. The van der Waals surface area contributed by atoms with Gasteiger partial charge in [0.05, 0.1) is 11.4 Å². The van der Waals surface area contributed by atoms with Crippen LogP contribution >= 0.6 is 11.3 Å². The van der Waals surface area contributed by atoms with Gasteiger partial charge in [-0.25, -0.2) is 9.97 Å². The number of amides is 1. The zero-order chi connectivity index (χ0) is 22.0. The van der Waals surface area contributed by atoms with E-state index in [0.29, 0.717) is 23.3 Å². The third-order valence-electron chi connectivity index (χ3n) is 5.56. The van der Waals surface area contributed by atoms with Crippen molar-refractivity contribution in [2.75, 3.05) is 18.4 Å². The van der Waals surface area contributed by atoms with Gasteiger partial charge < -0.3 is 10.2 Å². The van der Waals surface area contributed by atoms with E-state index in [0.717, 1.165) is 42.0 Å². The first-order chi connectivity index (χ1) is 14.9. The molecule has 4 heterocycles. The Balaban J connectivity index is 1.47. The van der Waals surface area contributed by atoms with Crippen LogP contribution in [0.4, 0.5) is 10.9 Å². The van der Waals surface area contributed by atoms with Gasteiger partial charge >= 0.3 is 0 Å². The van der Waals surface area contributed by atoms with E-state index in [1.54, 1.807) is 11.6 Å². The van der Waals surface area contributed by atoms with Crippen LogP contribution in [0.25, 0.3) is 6.08 Å². The number of carbonyl (C=O) groups is 1. The number of aromatic nitrogens is 6. The van der Waals surface area contributed by atoms with Crippen molar-refractivity contribution in [2.45, 2.75) is 39.5 Å². The van der Waals surface area contributed by atoms with E-state index < -0.39 is 0 Å². The second-order valence-corrected chi connectivity index (χ2v) is 8.59. The van der Waals surface area contributed by atoms with Crippen molar-refractivity contribution in [3.63, 3.8) is 0 Å². The predicted octanol–water partition coefficient (Wildman–Crippen LogP) is 3.15. The van der Waals surface area contributed by atoms with Gasteiger partial charge in [0.2, 0.25) is 11.0 Å². The van der Waals surface area contributed by atoms with Gasteiger partial charge in [-0.1, -0.05) is 11.3 Å². The number of hydrogen-bond donors (Lipinski definition) is 1. The number of rotatable bonds is 5. The Morgan fingerprint density at radius 2 is 2.13 bits per heavy atom. The summed E-state index contributed by atoms with van der Waals surface area (Å²) < 4.78 is 1.83. The molecular weight excluding hydrogens is 412 g/mol. The lowest BCUT2D eigenvalue weighted by Gasteiger charge is -2.32. The summed E-state index contributed by atoms with van der Waals surface area (Å²) in [6, 6.07) is 1.95. The van der Waals surface area contributed by atoms with Gasteiger partial charge in [0.25, 0.3) is 0 Å². The van der Waals surface area contributed by atoms with Crippen LogP contribution in [0.15, 0.2) is 17.7 Å². The number of carbonyl (C=O) groups excluding carboxylic acids is 1. The van der Waals surface area contributed by atoms with Crippen molar-refractivity contribution in [3.05, 3.63) is 46.1 Å². The molecule has 3 aromatic rings. The topological polar surface area (TPSA) is 102 Å². The first kappa shape index (κ1) is 21.1. The monoisotopic (exact) mass is 438 g/mol. The second kappa shape index (κ2) is 8.93. The van der Waals surface area contributed by atoms with E-state index in [2.05, 4.69) is 30.6 Å². The molecule has 3 aromatic heterocycles. The van der Waals surface area contributed by atoms with Crippen molar-refractivity contribution in [1.82, 2.24) is 34.8 Å². The first-order valence-corrected chi connectivity index (χ1v) is 11.1. The van der Waals surface area contributed by atoms with E-state index in [4.69, 9.17) is 0 Å². The smallest absolute Gasteiger partial charge is 0.246 e. The molecule has 1 aliphatic heterocycles. The molecule has 1 N–H and O–H groups in total. The molecule has 0 spiro atoms. The zero-order valence-electron chi connectivity index (χ0n) is 18.2. The van der Waals surface area contributed by atoms with Gasteiger partial charge in [0, 0.05) is 49.5 Å². The molecule has 1 fully saturated rings. The van der Waals surface area contributed by atoms with Crippen molar-refractivity contribution in [3.8, 4) is 0 Å². The van der Waals surface area contributed by atoms with Crippen LogP contribution in [-0.4, -0.2) is 53.8 Å². The lowest BCUT2D eigenvalue weighted by atomic mass is 9.94. The third-order valence-corrected chi connectivity index (χ3v) is 6.17. The molecule has 1 atom stereocenters. The summed E-state index contributed by atoms with van der Waals surface area (Å²) >= 11 is 1.42. The lowest BCUT2D eigenvalue weighted by molar-refractivity contribution is -0.127. The molecule has 9 nitrogen and oxygen atoms in total. The van der Waals surface area contributed by atoms with Crippen molar-refractivity contribution in [1.29, 1.82) is 0 Å². The fraction of sp³-hybridized carbons (Fsp3) is 0.429. The molecule has 1 aliphatic rings. The molecule has 1 unspecified atom stereocenters. The fourth-order valence-electron chi connectivity index (χ4n) is 3.91. The standard InChI is InChI=1S/C21H26N8OS/c1-13-17(14(2)28(4)27-13)7-8-20(30)29-9-5-6-16(11-29)18-10-19(24-15(3)23-18)25-21-26-22-12-31-21/h7-8,10,12,16H,5-6,9,11H2,1-4H3,(H,23,24,25,26)/b8-7+. The highest BCUT2D eigenvalue weighted by Gasteiger charge is 2.25. The lowest BCUT2D eigenvalue weighted by Crippen LogP contribution is -2.38. The van der Waals surface area contributed by atoms with Gasteiger partial charge in [-0.05, 0) is 39.7 Å². The largest absolute Gasteiger partial charge is 0.338 e. The van der Waals surface area contributed by atoms with Crippen molar-refractivity contribution >= 4 is 34.3 Å². The van der Waals surface area contributed by atoms with Crippen molar-refractivity contribution < 1.29 is 4.79 Å². The number of anilines is 2. The van der Waals surface area contributed by atoms with E-state index >= 15 is 0 Å². The van der Waals surface area contributed by atoms with Crippen LogP contribution in [-0.2, 0) is 11.8 Å². The van der Waals surface area contributed by atoms with Gasteiger partial charge in [-0.2, -0.15) is 5.10 Å². The van der Waals surface area contributed by atoms with Gasteiger partial charge in [0.15, 0.2) is 0 Å². The number of aryl methyl sites for hydroxylation is 3. The molecule has 0 radical (unpaired) electrons. The summed E-state index contributed by atoms with van der Waals surface area (Å²) in [5.41, 5.74) is 5.59. The van der Waals surface area contributed by atoms with Crippen LogP contribution in [0.2, 0.25) is 0 Å². The van der Waals surface area contributed by atoms with E-state index in [1.165, 1.54) is 11.3 Å². The number of hydrogen-bond acceptors (Lipinski definition) is 8. The summed E-state index contributed by atoms with van der Waals surface area (Å²) in [5, 5.41) is 16.1. The van der Waals surface area contributed by atoms with Crippen LogP contribution in [0.1, 0.15) is 47.2 Å². The Kier molecular flexibility index (Phi) is 6.08. The van der Waals surface area contributed by atoms with E-state index in [1.807, 2.05) is 49.5 Å². The summed E-state index contributed by atoms with van der Waals surface area (Å²) in [4.78, 5) is 23.9. The second-order valence-electron chi connectivity index (χ2n) is 7.76. The summed E-state index contributed by atoms with van der Waals surface area (Å²) in [6.07, 6.45) is 5.47. The Labute approximate surface area is 185 Å². The highest BCUT2D eigenvalue weighted by molar-refractivity contribution is 7.13. The average molecular weight is 439 g/mol. The molecule has 0 aliphatic carbocycles. The molecule has 0 saturated carbocycles. The van der Waals surface area contributed by atoms with Crippen LogP contribution < -0.4 is 5.32 Å². The molecule has 0 bridgehead atoms. The zero-order valence-corrected chi connectivity index (χ0v) is 19.0. The quantitative estimate of drug-likeness (QED) is 0.611. The van der Waals surface area contributed by atoms with Crippen LogP contribution in [0, 0.1) is 20.8 Å². The molecule has 10 heteroatoms.